The van der Waals surface area contributed by atoms with E-state index in [0.29, 0.717) is 5.02 Å². The van der Waals surface area contributed by atoms with E-state index in [1.807, 2.05) is 29.7 Å². The van der Waals surface area contributed by atoms with Gasteiger partial charge in [-0.25, -0.2) is 5.84 Å². The van der Waals surface area contributed by atoms with Crippen LogP contribution in [0.1, 0.15) is 23.3 Å². The molecule has 126 valence electrons. The summed E-state index contributed by atoms with van der Waals surface area (Å²) in [5.41, 5.74) is 2.22. The molecule has 0 radical (unpaired) electrons. The molecule has 1 aliphatic heterocycles. The van der Waals surface area contributed by atoms with E-state index in [0.717, 1.165) is 37.5 Å². The van der Waals surface area contributed by atoms with Crippen molar-refractivity contribution in [2.75, 3.05) is 18.0 Å². The van der Waals surface area contributed by atoms with Crippen LogP contribution in [0.3, 0.4) is 0 Å². The number of anilines is 1. The first-order chi connectivity index (χ1) is 11.7. The topological polar surface area (TPSA) is 93.4 Å². The van der Waals surface area contributed by atoms with Crippen LogP contribution in [0, 0.1) is 0 Å². The Morgan fingerprint density at radius 3 is 2.58 bits per heavy atom. The Bertz CT molecular complexity index is 702. The van der Waals surface area contributed by atoms with E-state index >= 15 is 0 Å². The number of hydrogen-bond donors (Lipinski definition) is 2. The zero-order valence-corrected chi connectivity index (χ0v) is 13.7. The van der Waals surface area contributed by atoms with Gasteiger partial charge in [-0.2, -0.15) is 0 Å². The van der Waals surface area contributed by atoms with E-state index < -0.39 is 5.91 Å². The number of benzene rings is 1. The fourth-order valence-electron chi connectivity index (χ4n) is 2.61. The molecule has 0 atom stereocenters. The maximum Gasteiger partial charge on any atom is 0.285 e. The lowest BCUT2D eigenvalue weighted by atomic mass is 10.1. The molecule has 8 heteroatoms. The van der Waals surface area contributed by atoms with Gasteiger partial charge in [-0.15, -0.1) is 10.2 Å². The highest BCUT2D eigenvalue weighted by Crippen LogP contribution is 2.27. The standard InChI is InChI=1S/C16H18ClN5O2/c17-12-3-1-2-4-14(12)24-11-7-9-22(10-8-11)15-6-5-13(20-21-15)16(23)19-18/h1-6,11H,7-10,18H2,(H,19,23). The molecule has 1 aliphatic rings. The maximum atomic E-state index is 11.4. The Labute approximate surface area is 144 Å². The van der Waals surface area contributed by atoms with Gasteiger partial charge in [0.05, 0.1) is 5.02 Å². The monoisotopic (exact) mass is 347 g/mol. The number of carbonyl (C=O) groups excluding carboxylic acids is 1. The van der Waals surface area contributed by atoms with Crippen molar-refractivity contribution in [2.24, 2.45) is 5.84 Å². The lowest BCUT2D eigenvalue weighted by Gasteiger charge is -2.32. The molecule has 1 fully saturated rings. The number of hydrogen-bond acceptors (Lipinski definition) is 6. The molecule has 0 spiro atoms. The normalized spacial score (nSPS) is 15.2. The van der Waals surface area contributed by atoms with Gasteiger partial charge in [-0.1, -0.05) is 23.7 Å². The van der Waals surface area contributed by atoms with E-state index in [1.54, 1.807) is 12.1 Å². The highest BCUT2D eigenvalue weighted by molar-refractivity contribution is 6.32. The van der Waals surface area contributed by atoms with E-state index in [2.05, 4.69) is 15.1 Å². The Balaban J connectivity index is 1.57. The predicted molar refractivity (Wildman–Crippen MR) is 91.0 cm³/mol. The summed E-state index contributed by atoms with van der Waals surface area (Å²) in [6.45, 7) is 1.60. The highest BCUT2D eigenvalue weighted by atomic mass is 35.5. The molecule has 2 aromatic rings. The lowest BCUT2D eigenvalue weighted by molar-refractivity contribution is 0.0947. The summed E-state index contributed by atoms with van der Waals surface area (Å²) in [4.78, 5) is 13.5. The van der Waals surface area contributed by atoms with E-state index in [4.69, 9.17) is 22.2 Å². The predicted octanol–water partition coefficient (Wildman–Crippen LogP) is 1.78. The minimum atomic E-state index is -0.458. The van der Waals surface area contributed by atoms with Crippen LogP contribution < -0.4 is 20.9 Å². The van der Waals surface area contributed by atoms with Gasteiger partial charge >= 0.3 is 0 Å². The third-order valence-electron chi connectivity index (χ3n) is 3.91. The average molecular weight is 348 g/mol. The number of carbonyl (C=O) groups is 1. The number of piperidine rings is 1. The number of aromatic nitrogens is 2. The Kier molecular flexibility index (Phi) is 5.12. The zero-order valence-electron chi connectivity index (χ0n) is 13.0. The molecule has 24 heavy (non-hydrogen) atoms. The molecular formula is C16H18ClN5O2. The number of nitrogen functional groups attached to an aromatic ring is 1. The second-order valence-corrected chi connectivity index (χ2v) is 5.89. The number of rotatable bonds is 4. The second kappa shape index (κ2) is 7.46. The zero-order chi connectivity index (χ0) is 16.9. The molecule has 1 aromatic carbocycles. The van der Waals surface area contributed by atoms with Crippen molar-refractivity contribution in [1.29, 1.82) is 0 Å². The van der Waals surface area contributed by atoms with Crippen molar-refractivity contribution in [2.45, 2.75) is 18.9 Å². The molecule has 0 unspecified atom stereocenters. The average Bonchev–Trinajstić information content (AvgIpc) is 2.64. The SMILES string of the molecule is NNC(=O)c1ccc(N2CCC(Oc3ccccc3Cl)CC2)nn1. The van der Waals surface area contributed by atoms with Gasteiger partial charge in [0, 0.05) is 25.9 Å². The van der Waals surface area contributed by atoms with Gasteiger partial charge in [-0.3, -0.25) is 10.2 Å². The lowest BCUT2D eigenvalue weighted by Crippen LogP contribution is -2.39. The number of hydrazine groups is 1. The van der Waals surface area contributed by atoms with Crippen molar-refractivity contribution in [3.05, 3.63) is 47.1 Å². The van der Waals surface area contributed by atoms with Crippen molar-refractivity contribution >= 4 is 23.3 Å². The van der Waals surface area contributed by atoms with Crippen molar-refractivity contribution in [3.63, 3.8) is 0 Å². The van der Waals surface area contributed by atoms with Crippen LogP contribution in [-0.4, -0.2) is 35.3 Å². The molecule has 1 amide bonds. The molecule has 3 N–H and O–H groups in total. The number of amides is 1. The molecule has 0 bridgehead atoms. The number of nitrogens with one attached hydrogen (secondary N) is 1. The van der Waals surface area contributed by atoms with Crippen molar-refractivity contribution in [1.82, 2.24) is 15.6 Å². The van der Waals surface area contributed by atoms with Crippen LogP contribution in [0.25, 0.3) is 0 Å². The number of nitrogens with two attached hydrogens (primary N) is 1. The Hall–Kier alpha value is -2.38. The second-order valence-electron chi connectivity index (χ2n) is 5.48. The molecule has 3 rings (SSSR count). The molecule has 2 heterocycles. The van der Waals surface area contributed by atoms with Crippen LogP contribution >= 0.6 is 11.6 Å². The van der Waals surface area contributed by atoms with E-state index in [-0.39, 0.29) is 11.8 Å². The van der Waals surface area contributed by atoms with Gasteiger partial charge in [-0.05, 0) is 24.3 Å². The van der Waals surface area contributed by atoms with Crippen molar-refractivity contribution < 1.29 is 9.53 Å². The Morgan fingerprint density at radius 2 is 1.96 bits per heavy atom. The van der Waals surface area contributed by atoms with Gasteiger partial charge in [0.15, 0.2) is 11.5 Å². The fourth-order valence-corrected chi connectivity index (χ4v) is 2.79. The molecular weight excluding hydrogens is 330 g/mol. The summed E-state index contributed by atoms with van der Waals surface area (Å²) in [6.07, 6.45) is 1.84. The number of halogens is 1. The van der Waals surface area contributed by atoms with Crippen LogP contribution in [0.4, 0.5) is 5.82 Å². The highest BCUT2D eigenvalue weighted by Gasteiger charge is 2.22. The minimum absolute atomic E-state index is 0.122. The van der Waals surface area contributed by atoms with E-state index in [9.17, 15) is 4.79 Å². The van der Waals surface area contributed by atoms with Gasteiger partial charge in [0.25, 0.3) is 5.91 Å². The molecule has 7 nitrogen and oxygen atoms in total. The summed E-state index contributed by atoms with van der Waals surface area (Å²) in [5.74, 6) is 6.07. The minimum Gasteiger partial charge on any atom is -0.489 e. The van der Waals surface area contributed by atoms with Crippen LogP contribution in [0.5, 0.6) is 5.75 Å². The first-order valence-corrected chi connectivity index (χ1v) is 8.06. The van der Waals surface area contributed by atoms with Gasteiger partial charge in [0.1, 0.15) is 11.9 Å². The van der Waals surface area contributed by atoms with Crippen molar-refractivity contribution in [3.8, 4) is 5.75 Å². The summed E-state index contributed by atoms with van der Waals surface area (Å²) in [6, 6.07) is 10.9. The number of para-hydroxylation sites is 1. The van der Waals surface area contributed by atoms with Crippen LogP contribution in [-0.2, 0) is 0 Å². The number of nitrogens with zero attached hydrogens (tertiary/aromatic N) is 3. The van der Waals surface area contributed by atoms with Crippen LogP contribution in [0.2, 0.25) is 5.02 Å². The summed E-state index contributed by atoms with van der Waals surface area (Å²) in [7, 11) is 0. The number of ether oxygens (including phenoxy) is 1. The summed E-state index contributed by atoms with van der Waals surface area (Å²) >= 11 is 6.13. The molecule has 1 aromatic heterocycles. The summed E-state index contributed by atoms with van der Waals surface area (Å²) in [5, 5.41) is 8.61. The smallest absolute Gasteiger partial charge is 0.285 e. The third-order valence-corrected chi connectivity index (χ3v) is 4.22. The van der Waals surface area contributed by atoms with Gasteiger partial charge in [0.2, 0.25) is 0 Å². The largest absolute Gasteiger partial charge is 0.489 e. The fraction of sp³-hybridized carbons (Fsp3) is 0.312. The molecule has 0 aliphatic carbocycles. The maximum absolute atomic E-state index is 11.4. The summed E-state index contributed by atoms with van der Waals surface area (Å²) < 4.78 is 5.97. The Morgan fingerprint density at radius 1 is 1.21 bits per heavy atom. The third kappa shape index (κ3) is 3.74. The van der Waals surface area contributed by atoms with Crippen LogP contribution in [0.15, 0.2) is 36.4 Å². The first kappa shape index (κ1) is 16.5. The van der Waals surface area contributed by atoms with Gasteiger partial charge < -0.3 is 9.64 Å². The quantitative estimate of drug-likeness (QED) is 0.497. The first-order valence-electron chi connectivity index (χ1n) is 7.68. The van der Waals surface area contributed by atoms with E-state index in [1.165, 1.54) is 0 Å². The molecule has 0 saturated carbocycles. The molecule has 1 saturated heterocycles.